The average Bonchev–Trinajstić information content (AvgIpc) is 2.40. The van der Waals surface area contributed by atoms with Crippen LogP contribution < -0.4 is 0 Å². The predicted molar refractivity (Wildman–Crippen MR) is 76.5 cm³/mol. The third-order valence-electron chi connectivity index (χ3n) is 5.05. The summed E-state index contributed by atoms with van der Waals surface area (Å²) in [6.07, 6.45) is 7.08. The van der Waals surface area contributed by atoms with Crippen molar-refractivity contribution in [3.8, 4) is 0 Å². The van der Waals surface area contributed by atoms with E-state index < -0.39 is 8.72 Å². The molecule has 2 atom stereocenters. The maximum atomic E-state index is 5.91. The molecule has 0 bridgehead atoms. The van der Waals surface area contributed by atoms with Crippen LogP contribution in [0.1, 0.15) is 46.0 Å². The molecule has 1 aliphatic heterocycles. The first-order valence-electron chi connectivity index (χ1n) is 7.49. The molecule has 0 amide bonds. The van der Waals surface area contributed by atoms with Gasteiger partial charge in [-0.15, -0.1) is 0 Å². The standard InChI is InChI=1S/C14H29NO2Si/c1-12(2)18(16-3,17-4)15-10-9-13-7-5-6-8-14(13)11-15/h12-14H,5-11H2,1-4H3. The van der Waals surface area contributed by atoms with Gasteiger partial charge in [-0.3, -0.25) is 4.57 Å². The van der Waals surface area contributed by atoms with Crippen molar-refractivity contribution in [2.45, 2.75) is 51.5 Å². The van der Waals surface area contributed by atoms with E-state index in [4.69, 9.17) is 8.85 Å². The van der Waals surface area contributed by atoms with Crippen LogP contribution in [0.2, 0.25) is 5.54 Å². The van der Waals surface area contributed by atoms with Gasteiger partial charge in [0.05, 0.1) is 0 Å². The minimum Gasteiger partial charge on any atom is -0.386 e. The van der Waals surface area contributed by atoms with Crippen molar-refractivity contribution in [1.82, 2.24) is 4.57 Å². The molecular weight excluding hydrogens is 242 g/mol. The summed E-state index contributed by atoms with van der Waals surface area (Å²) in [7, 11) is 1.51. The molecule has 2 rings (SSSR count). The fraction of sp³-hybridized carbons (Fsp3) is 1.00. The Balaban J connectivity index is 2.08. The van der Waals surface area contributed by atoms with Gasteiger partial charge in [0.15, 0.2) is 0 Å². The third kappa shape index (κ3) is 2.53. The lowest BCUT2D eigenvalue weighted by Gasteiger charge is -2.48. The Hall–Kier alpha value is 0.0969. The quantitative estimate of drug-likeness (QED) is 0.733. The molecule has 1 aliphatic carbocycles. The lowest BCUT2D eigenvalue weighted by molar-refractivity contribution is 0.0764. The van der Waals surface area contributed by atoms with E-state index in [-0.39, 0.29) is 0 Å². The molecule has 0 aromatic carbocycles. The molecule has 1 saturated carbocycles. The highest BCUT2D eigenvalue weighted by Crippen LogP contribution is 2.39. The van der Waals surface area contributed by atoms with Crippen molar-refractivity contribution >= 4 is 8.72 Å². The Bertz CT molecular complexity index is 269. The van der Waals surface area contributed by atoms with Gasteiger partial charge in [0.1, 0.15) is 0 Å². The van der Waals surface area contributed by atoms with E-state index in [1.54, 1.807) is 0 Å². The lowest BCUT2D eigenvalue weighted by atomic mass is 9.76. The number of fused-ring (bicyclic) bond motifs is 1. The van der Waals surface area contributed by atoms with Gasteiger partial charge in [0, 0.05) is 19.8 Å². The zero-order valence-electron chi connectivity index (χ0n) is 12.4. The molecule has 1 saturated heterocycles. The zero-order chi connectivity index (χ0) is 13.2. The molecule has 0 aromatic heterocycles. The molecule has 0 N–H and O–H groups in total. The van der Waals surface area contributed by atoms with Gasteiger partial charge in [0.2, 0.25) is 0 Å². The Morgan fingerprint density at radius 2 is 1.61 bits per heavy atom. The van der Waals surface area contributed by atoms with Crippen LogP contribution in [0, 0.1) is 11.8 Å². The summed E-state index contributed by atoms with van der Waals surface area (Å²) in [6.45, 7) is 6.86. The summed E-state index contributed by atoms with van der Waals surface area (Å²) >= 11 is 0. The Morgan fingerprint density at radius 3 is 2.17 bits per heavy atom. The molecule has 0 radical (unpaired) electrons. The molecule has 4 heteroatoms. The van der Waals surface area contributed by atoms with E-state index in [2.05, 4.69) is 18.4 Å². The smallest absolute Gasteiger partial charge is 0.386 e. The van der Waals surface area contributed by atoms with Crippen LogP contribution in [0.3, 0.4) is 0 Å². The fourth-order valence-corrected chi connectivity index (χ4v) is 7.35. The van der Waals surface area contributed by atoms with Crippen LogP contribution in [-0.2, 0) is 8.85 Å². The molecule has 0 spiro atoms. The maximum absolute atomic E-state index is 5.91. The zero-order valence-corrected chi connectivity index (χ0v) is 13.4. The largest absolute Gasteiger partial charge is 0.429 e. The predicted octanol–water partition coefficient (Wildman–Crippen LogP) is 3.14. The highest BCUT2D eigenvalue weighted by molar-refractivity contribution is 6.65. The molecule has 2 aliphatic rings. The number of nitrogens with zero attached hydrogens (tertiary/aromatic N) is 1. The number of hydrogen-bond donors (Lipinski definition) is 0. The topological polar surface area (TPSA) is 21.7 Å². The minimum atomic E-state index is -2.16. The van der Waals surface area contributed by atoms with Crippen LogP contribution >= 0.6 is 0 Å². The Morgan fingerprint density at radius 1 is 1.00 bits per heavy atom. The monoisotopic (exact) mass is 271 g/mol. The van der Waals surface area contributed by atoms with Crippen molar-refractivity contribution in [3.05, 3.63) is 0 Å². The van der Waals surface area contributed by atoms with Crippen LogP contribution in [0.5, 0.6) is 0 Å². The van der Waals surface area contributed by atoms with Crippen LogP contribution in [0.15, 0.2) is 0 Å². The molecule has 0 aromatic rings. The summed E-state index contributed by atoms with van der Waals surface area (Å²) in [4.78, 5) is 0. The van der Waals surface area contributed by atoms with Crippen molar-refractivity contribution in [1.29, 1.82) is 0 Å². The van der Waals surface area contributed by atoms with E-state index in [9.17, 15) is 0 Å². The highest BCUT2D eigenvalue weighted by Gasteiger charge is 2.49. The van der Waals surface area contributed by atoms with E-state index in [0.29, 0.717) is 5.54 Å². The third-order valence-corrected chi connectivity index (χ3v) is 8.96. The SMILES string of the molecule is CO[Si](OC)(C(C)C)N1CCC2CCCCC2C1. The molecule has 18 heavy (non-hydrogen) atoms. The van der Waals surface area contributed by atoms with Gasteiger partial charge < -0.3 is 8.85 Å². The first-order chi connectivity index (χ1) is 8.64. The first kappa shape index (κ1) is 14.5. The summed E-state index contributed by atoms with van der Waals surface area (Å²) in [5.74, 6) is 1.87. The minimum absolute atomic E-state index is 0.479. The van der Waals surface area contributed by atoms with Gasteiger partial charge in [-0.2, -0.15) is 0 Å². The summed E-state index contributed by atoms with van der Waals surface area (Å²) in [5.41, 5.74) is 0.479. The van der Waals surface area contributed by atoms with Gasteiger partial charge in [-0.05, 0) is 37.8 Å². The molecule has 1 heterocycles. The molecular formula is C14H29NO2Si. The molecule has 2 unspecified atom stereocenters. The normalized spacial score (nSPS) is 30.5. The van der Waals surface area contributed by atoms with E-state index in [1.807, 2.05) is 14.2 Å². The molecule has 106 valence electrons. The number of rotatable bonds is 4. The van der Waals surface area contributed by atoms with Gasteiger partial charge in [0.25, 0.3) is 0 Å². The van der Waals surface area contributed by atoms with E-state index >= 15 is 0 Å². The Kier molecular flexibility index (Phi) is 4.86. The fourth-order valence-electron chi connectivity index (χ4n) is 4.06. The van der Waals surface area contributed by atoms with Crippen molar-refractivity contribution in [2.75, 3.05) is 27.3 Å². The van der Waals surface area contributed by atoms with Crippen molar-refractivity contribution < 1.29 is 8.85 Å². The van der Waals surface area contributed by atoms with Gasteiger partial charge >= 0.3 is 8.72 Å². The lowest BCUT2D eigenvalue weighted by Crippen LogP contribution is -2.63. The highest BCUT2D eigenvalue weighted by atomic mass is 28.4. The summed E-state index contributed by atoms with van der Waals surface area (Å²) in [5, 5.41) is 0. The summed E-state index contributed by atoms with van der Waals surface area (Å²) in [6, 6.07) is 0. The second kappa shape index (κ2) is 6.03. The molecule has 2 fully saturated rings. The Labute approximate surface area is 113 Å². The van der Waals surface area contributed by atoms with Crippen LogP contribution in [0.4, 0.5) is 0 Å². The number of hydrogen-bond acceptors (Lipinski definition) is 3. The second-order valence-electron chi connectivity index (χ2n) is 6.23. The van der Waals surface area contributed by atoms with E-state index in [0.717, 1.165) is 11.8 Å². The van der Waals surface area contributed by atoms with Crippen LogP contribution in [0.25, 0.3) is 0 Å². The number of piperidine rings is 1. The van der Waals surface area contributed by atoms with Crippen molar-refractivity contribution in [2.24, 2.45) is 11.8 Å². The summed E-state index contributed by atoms with van der Waals surface area (Å²) < 4.78 is 14.4. The average molecular weight is 271 g/mol. The van der Waals surface area contributed by atoms with Gasteiger partial charge in [-0.25, -0.2) is 0 Å². The van der Waals surface area contributed by atoms with Crippen LogP contribution in [-0.4, -0.2) is 40.6 Å². The first-order valence-corrected chi connectivity index (χ1v) is 9.33. The second-order valence-corrected chi connectivity index (χ2v) is 10.1. The van der Waals surface area contributed by atoms with Gasteiger partial charge in [-0.1, -0.05) is 33.1 Å². The molecule has 3 nitrogen and oxygen atoms in total. The van der Waals surface area contributed by atoms with E-state index in [1.165, 1.54) is 45.2 Å². The van der Waals surface area contributed by atoms with Crippen molar-refractivity contribution in [3.63, 3.8) is 0 Å². The maximum Gasteiger partial charge on any atom is 0.429 e.